The summed E-state index contributed by atoms with van der Waals surface area (Å²) in [6.07, 6.45) is 2.32. The third kappa shape index (κ3) is 5.75. The second kappa shape index (κ2) is 9.25. The summed E-state index contributed by atoms with van der Waals surface area (Å²) in [6, 6.07) is 7.76. The molecule has 142 valence electrons. The van der Waals surface area contributed by atoms with Gasteiger partial charge in [0.25, 0.3) is 5.91 Å². The summed E-state index contributed by atoms with van der Waals surface area (Å²) in [6.45, 7) is 2.07. The Morgan fingerprint density at radius 1 is 1.37 bits per heavy atom. The molecule has 1 amide bonds. The van der Waals surface area contributed by atoms with Crippen molar-refractivity contribution in [1.82, 2.24) is 4.98 Å². The van der Waals surface area contributed by atoms with Crippen LogP contribution in [0.1, 0.15) is 17.3 Å². The maximum atomic E-state index is 14.2. The van der Waals surface area contributed by atoms with Crippen molar-refractivity contribution in [2.24, 2.45) is 16.6 Å². The van der Waals surface area contributed by atoms with Gasteiger partial charge in [-0.3, -0.25) is 10.2 Å². The number of primary amides is 1. The number of nitrogens with zero attached hydrogens (tertiary/aromatic N) is 2. The number of benzene rings is 1. The number of nitrogens with two attached hydrogens (primary N) is 2. The number of hydrazone groups is 1. The second-order valence-electron chi connectivity index (χ2n) is 5.70. The van der Waals surface area contributed by atoms with E-state index in [1.165, 1.54) is 6.21 Å². The first-order valence-electron chi connectivity index (χ1n) is 8.05. The van der Waals surface area contributed by atoms with Crippen LogP contribution in [-0.2, 0) is 0 Å². The molecule has 0 fully saturated rings. The number of amides is 1. The van der Waals surface area contributed by atoms with Crippen molar-refractivity contribution >= 4 is 41.3 Å². The number of pyridine rings is 1. The predicted molar refractivity (Wildman–Crippen MR) is 105 cm³/mol. The smallest absolute Gasteiger partial charge is 0.252 e. The maximum absolute atomic E-state index is 14.2. The molecule has 0 aliphatic carbocycles. The SMILES string of the molecule is C[C@H](N)CNc1nc(Nc2cccc(N/N=C\C=N)c2)c(C(N)=O)cc1F. The van der Waals surface area contributed by atoms with Crippen LogP contribution in [0.4, 0.5) is 27.4 Å². The minimum atomic E-state index is -0.812. The Balaban J connectivity index is 2.31. The molecule has 10 heteroatoms. The molecule has 1 atom stereocenters. The van der Waals surface area contributed by atoms with Gasteiger partial charge in [-0.2, -0.15) is 5.10 Å². The number of aromatic nitrogens is 1. The zero-order valence-corrected chi connectivity index (χ0v) is 14.7. The van der Waals surface area contributed by atoms with Crippen molar-refractivity contribution in [3.63, 3.8) is 0 Å². The number of halogens is 1. The van der Waals surface area contributed by atoms with E-state index in [1.54, 1.807) is 31.2 Å². The van der Waals surface area contributed by atoms with E-state index >= 15 is 0 Å². The highest BCUT2D eigenvalue weighted by Crippen LogP contribution is 2.25. The van der Waals surface area contributed by atoms with Gasteiger partial charge in [0.15, 0.2) is 11.6 Å². The van der Waals surface area contributed by atoms with Gasteiger partial charge in [-0.05, 0) is 31.2 Å². The van der Waals surface area contributed by atoms with E-state index in [0.29, 0.717) is 17.9 Å². The molecule has 0 spiro atoms. The summed E-state index contributed by atoms with van der Waals surface area (Å²) in [5.41, 5.74) is 14.9. The van der Waals surface area contributed by atoms with E-state index in [0.717, 1.165) is 12.3 Å². The molecule has 0 aliphatic rings. The van der Waals surface area contributed by atoms with Crippen molar-refractivity contribution in [3.8, 4) is 0 Å². The van der Waals surface area contributed by atoms with Crippen molar-refractivity contribution in [1.29, 1.82) is 5.41 Å². The first-order valence-corrected chi connectivity index (χ1v) is 8.05. The molecule has 9 nitrogen and oxygen atoms in total. The van der Waals surface area contributed by atoms with E-state index in [1.807, 2.05) is 0 Å². The van der Waals surface area contributed by atoms with Gasteiger partial charge in [-0.15, -0.1) is 0 Å². The molecule has 1 aromatic heterocycles. The number of hydrogen-bond donors (Lipinski definition) is 6. The number of hydrogen-bond acceptors (Lipinski definition) is 8. The Labute approximate surface area is 155 Å². The highest BCUT2D eigenvalue weighted by molar-refractivity contribution is 6.14. The Kier molecular flexibility index (Phi) is 6.78. The normalized spacial score (nSPS) is 11.8. The van der Waals surface area contributed by atoms with E-state index in [9.17, 15) is 9.18 Å². The van der Waals surface area contributed by atoms with Crippen molar-refractivity contribution in [2.75, 3.05) is 22.6 Å². The van der Waals surface area contributed by atoms with Crippen molar-refractivity contribution in [3.05, 3.63) is 41.7 Å². The Hall–Kier alpha value is -3.53. The Bertz CT molecular complexity index is 853. The first-order chi connectivity index (χ1) is 12.9. The van der Waals surface area contributed by atoms with Gasteiger partial charge in [0, 0.05) is 24.5 Å². The van der Waals surface area contributed by atoms with E-state index in [2.05, 4.69) is 26.1 Å². The molecule has 27 heavy (non-hydrogen) atoms. The number of carbonyl (C=O) groups is 1. The zero-order valence-electron chi connectivity index (χ0n) is 14.7. The lowest BCUT2D eigenvalue weighted by Crippen LogP contribution is -2.26. The first kappa shape index (κ1) is 19.8. The van der Waals surface area contributed by atoms with Gasteiger partial charge in [-0.25, -0.2) is 9.37 Å². The lowest BCUT2D eigenvalue weighted by molar-refractivity contribution is 0.100. The van der Waals surface area contributed by atoms with Crippen LogP contribution in [0.5, 0.6) is 0 Å². The lowest BCUT2D eigenvalue weighted by Gasteiger charge is -2.14. The van der Waals surface area contributed by atoms with E-state index in [-0.39, 0.29) is 23.2 Å². The molecule has 0 bridgehead atoms. The summed E-state index contributed by atoms with van der Waals surface area (Å²) < 4.78 is 14.2. The van der Waals surface area contributed by atoms with E-state index in [4.69, 9.17) is 16.9 Å². The molecule has 1 heterocycles. The summed E-state index contributed by atoms with van der Waals surface area (Å²) in [4.78, 5) is 15.8. The number of nitrogens with one attached hydrogen (secondary N) is 4. The predicted octanol–water partition coefficient (Wildman–Crippen LogP) is 1.87. The Morgan fingerprint density at radius 3 is 2.78 bits per heavy atom. The summed E-state index contributed by atoms with van der Waals surface area (Å²) in [5.74, 6) is -1.44. The number of rotatable bonds is 9. The molecule has 0 saturated heterocycles. The van der Waals surface area contributed by atoms with Crippen molar-refractivity contribution in [2.45, 2.75) is 13.0 Å². The molecular formula is C17H21FN8O. The molecule has 2 aromatic rings. The fourth-order valence-electron chi connectivity index (χ4n) is 2.11. The molecular weight excluding hydrogens is 351 g/mol. The topological polar surface area (TPSA) is 154 Å². The quantitative estimate of drug-likeness (QED) is 0.292. The van der Waals surface area contributed by atoms with Crippen LogP contribution < -0.4 is 27.5 Å². The molecule has 0 aliphatic heterocycles. The monoisotopic (exact) mass is 372 g/mol. The highest BCUT2D eigenvalue weighted by Gasteiger charge is 2.16. The zero-order chi connectivity index (χ0) is 19.8. The molecule has 1 aromatic carbocycles. The summed E-state index contributed by atoms with van der Waals surface area (Å²) >= 11 is 0. The molecule has 2 rings (SSSR count). The summed E-state index contributed by atoms with van der Waals surface area (Å²) in [7, 11) is 0. The van der Waals surface area contributed by atoms with Crippen molar-refractivity contribution < 1.29 is 9.18 Å². The minimum absolute atomic E-state index is 0.0373. The van der Waals surface area contributed by atoms with Crippen LogP contribution in [0.3, 0.4) is 0 Å². The standard InChI is InChI=1S/C17H21FN8O/c1-10(20)9-22-17-14(18)8-13(15(21)27)16(25-17)24-11-3-2-4-12(7-11)26-23-6-5-19/h2-8,10,19,26H,9,20H2,1H3,(H2,21,27)(H2,22,24,25)/b19-5?,23-6-/t10-/m0/s1. The molecule has 0 unspecified atom stereocenters. The number of anilines is 4. The molecule has 0 radical (unpaired) electrons. The molecule has 8 N–H and O–H groups in total. The maximum Gasteiger partial charge on any atom is 0.252 e. The van der Waals surface area contributed by atoms with Crippen LogP contribution in [-0.4, -0.2) is 35.9 Å². The fourth-order valence-corrected chi connectivity index (χ4v) is 2.11. The van der Waals surface area contributed by atoms with Gasteiger partial charge in [0.05, 0.1) is 17.5 Å². The van der Waals surface area contributed by atoms with Gasteiger partial charge in [0.1, 0.15) is 5.82 Å². The fraction of sp³-hybridized carbons (Fsp3) is 0.176. The lowest BCUT2D eigenvalue weighted by atomic mass is 10.2. The third-order valence-electron chi connectivity index (χ3n) is 3.30. The van der Waals surface area contributed by atoms with Crippen LogP contribution in [0.25, 0.3) is 0 Å². The van der Waals surface area contributed by atoms with Gasteiger partial charge < -0.3 is 27.5 Å². The van der Waals surface area contributed by atoms with Gasteiger partial charge >= 0.3 is 0 Å². The van der Waals surface area contributed by atoms with Crippen LogP contribution in [0, 0.1) is 11.2 Å². The average Bonchev–Trinajstić information content (AvgIpc) is 2.62. The summed E-state index contributed by atoms with van der Waals surface area (Å²) in [5, 5.41) is 16.5. The second-order valence-corrected chi connectivity index (χ2v) is 5.70. The van der Waals surface area contributed by atoms with Crippen LogP contribution >= 0.6 is 0 Å². The number of carbonyl (C=O) groups excluding carboxylic acids is 1. The largest absolute Gasteiger partial charge is 0.366 e. The highest BCUT2D eigenvalue weighted by atomic mass is 19.1. The van der Waals surface area contributed by atoms with Crippen LogP contribution in [0.15, 0.2) is 35.4 Å². The third-order valence-corrected chi connectivity index (χ3v) is 3.30. The minimum Gasteiger partial charge on any atom is -0.366 e. The van der Waals surface area contributed by atoms with Gasteiger partial charge in [-0.1, -0.05) is 6.07 Å². The molecule has 0 saturated carbocycles. The van der Waals surface area contributed by atoms with Crippen LogP contribution in [0.2, 0.25) is 0 Å². The van der Waals surface area contributed by atoms with Gasteiger partial charge in [0.2, 0.25) is 0 Å². The van der Waals surface area contributed by atoms with E-state index < -0.39 is 11.7 Å². The Morgan fingerprint density at radius 2 is 2.11 bits per heavy atom. The average molecular weight is 372 g/mol.